The zero-order valence-electron chi connectivity index (χ0n) is 16.3. The Balaban J connectivity index is 1.60. The molecule has 0 aromatic heterocycles. The molecule has 0 unspecified atom stereocenters. The summed E-state index contributed by atoms with van der Waals surface area (Å²) in [5, 5.41) is 12.0. The van der Waals surface area contributed by atoms with Gasteiger partial charge in [-0.15, -0.1) is 0 Å². The van der Waals surface area contributed by atoms with Crippen LogP contribution in [0.1, 0.15) is 16.7 Å². The summed E-state index contributed by atoms with van der Waals surface area (Å²) in [6.45, 7) is 0.524. The van der Waals surface area contributed by atoms with Gasteiger partial charge in [-0.3, -0.25) is 9.59 Å². The molecule has 2 N–H and O–H groups in total. The van der Waals surface area contributed by atoms with Gasteiger partial charge >= 0.3 is 5.97 Å². The van der Waals surface area contributed by atoms with E-state index in [4.69, 9.17) is 24.1 Å². The minimum atomic E-state index is -0.973. The second-order valence-electron chi connectivity index (χ2n) is 6.51. The fourth-order valence-corrected chi connectivity index (χ4v) is 3.14. The lowest BCUT2D eigenvalue weighted by molar-refractivity contribution is -0.136. The van der Waals surface area contributed by atoms with Crippen LogP contribution >= 0.6 is 0 Å². The topological polar surface area (TPSA) is 103 Å². The van der Waals surface area contributed by atoms with E-state index in [1.807, 2.05) is 18.2 Å². The molecule has 0 aliphatic carbocycles. The van der Waals surface area contributed by atoms with Gasteiger partial charge in [-0.05, 0) is 47.4 Å². The Morgan fingerprint density at radius 1 is 1.00 bits per heavy atom. The lowest BCUT2D eigenvalue weighted by atomic mass is 10.0. The molecule has 29 heavy (non-hydrogen) atoms. The molecule has 1 aliphatic rings. The number of nitrogens with one attached hydrogen (secondary N) is 1. The van der Waals surface area contributed by atoms with Crippen molar-refractivity contribution in [1.82, 2.24) is 5.32 Å². The first-order valence-electron chi connectivity index (χ1n) is 9.11. The molecular formula is C21H23NO7. The maximum atomic E-state index is 12.4. The summed E-state index contributed by atoms with van der Waals surface area (Å²) in [5.74, 6) is 1.13. The Morgan fingerprint density at radius 3 is 2.28 bits per heavy atom. The molecular weight excluding hydrogens is 378 g/mol. The van der Waals surface area contributed by atoms with Crippen LogP contribution in [0.3, 0.4) is 0 Å². The Bertz CT molecular complexity index is 910. The molecule has 0 fully saturated rings. The van der Waals surface area contributed by atoms with Gasteiger partial charge in [-0.1, -0.05) is 6.07 Å². The number of carboxylic acid groups (broad SMARTS) is 1. The standard InChI is InChI=1S/C21H23NO7/c1-26-16-4-3-13(7-17(16)27-2)5-6-22-20(23)10-14-8-18-19(29-12-28-18)9-15(14)11-21(24)25/h3-4,7-9H,5-6,10-12H2,1-2H3,(H,22,23)(H,24,25). The molecule has 3 rings (SSSR count). The van der Waals surface area contributed by atoms with E-state index in [0.29, 0.717) is 47.1 Å². The van der Waals surface area contributed by atoms with Gasteiger partial charge < -0.3 is 29.4 Å². The SMILES string of the molecule is COc1ccc(CCNC(=O)Cc2cc3c(cc2CC(=O)O)OCO3)cc1OC. The highest BCUT2D eigenvalue weighted by Gasteiger charge is 2.20. The predicted octanol–water partition coefficient (Wildman–Crippen LogP) is 1.96. The highest BCUT2D eigenvalue weighted by atomic mass is 16.7. The first-order valence-corrected chi connectivity index (χ1v) is 9.11. The van der Waals surface area contributed by atoms with E-state index < -0.39 is 5.97 Å². The van der Waals surface area contributed by atoms with Crippen molar-refractivity contribution in [3.8, 4) is 23.0 Å². The number of amides is 1. The third-order valence-corrected chi connectivity index (χ3v) is 4.57. The molecule has 0 bridgehead atoms. The summed E-state index contributed by atoms with van der Waals surface area (Å²) in [6, 6.07) is 8.90. The van der Waals surface area contributed by atoms with Crippen molar-refractivity contribution in [1.29, 1.82) is 0 Å². The van der Waals surface area contributed by atoms with Crippen molar-refractivity contribution >= 4 is 11.9 Å². The number of hydrogen-bond donors (Lipinski definition) is 2. The summed E-state index contributed by atoms with van der Waals surface area (Å²) >= 11 is 0. The largest absolute Gasteiger partial charge is 0.493 e. The van der Waals surface area contributed by atoms with E-state index >= 15 is 0 Å². The molecule has 0 saturated carbocycles. The number of carbonyl (C=O) groups is 2. The van der Waals surface area contributed by atoms with Gasteiger partial charge in [0.25, 0.3) is 0 Å². The van der Waals surface area contributed by atoms with Gasteiger partial charge in [0.15, 0.2) is 23.0 Å². The number of methoxy groups -OCH3 is 2. The summed E-state index contributed by atoms with van der Waals surface area (Å²) in [5.41, 5.74) is 2.15. The van der Waals surface area contributed by atoms with Crippen molar-refractivity contribution in [2.24, 2.45) is 0 Å². The van der Waals surface area contributed by atoms with Crippen LogP contribution in [0.25, 0.3) is 0 Å². The second-order valence-corrected chi connectivity index (χ2v) is 6.51. The Morgan fingerprint density at radius 2 is 1.66 bits per heavy atom. The predicted molar refractivity (Wildman–Crippen MR) is 104 cm³/mol. The van der Waals surface area contributed by atoms with Crippen molar-refractivity contribution in [3.05, 3.63) is 47.0 Å². The molecule has 0 atom stereocenters. The summed E-state index contributed by atoms with van der Waals surface area (Å²) < 4.78 is 21.1. The minimum Gasteiger partial charge on any atom is -0.493 e. The fourth-order valence-electron chi connectivity index (χ4n) is 3.14. The fraction of sp³-hybridized carbons (Fsp3) is 0.333. The Labute approximate surface area is 168 Å². The Kier molecular flexibility index (Phi) is 6.43. The van der Waals surface area contributed by atoms with Crippen LogP contribution in [0, 0.1) is 0 Å². The third-order valence-electron chi connectivity index (χ3n) is 4.57. The number of hydrogen-bond acceptors (Lipinski definition) is 6. The van der Waals surface area contributed by atoms with Crippen LogP contribution in [0.5, 0.6) is 23.0 Å². The number of benzene rings is 2. The molecule has 2 aromatic rings. The van der Waals surface area contributed by atoms with Crippen LogP contribution in [-0.4, -0.2) is 44.5 Å². The van der Waals surface area contributed by atoms with Crippen LogP contribution < -0.4 is 24.3 Å². The van der Waals surface area contributed by atoms with Gasteiger partial charge in [-0.2, -0.15) is 0 Å². The molecule has 0 radical (unpaired) electrons. The first-order chi connectivity index (χ1) is 14.0. The molecule has 1 heterocycles. The van der Waals surface area contributed by atoms with E-state index in [2.05, 4.69) is 5.32 Å². The van der Waals surface area contributed by atoms with E-state index in [9.17, 15) is 9.59 Å². The smallest absolute Gasteiger partial charge is 0.307 e. The third kappa shape index (κ3) is 5.10. The average Bonchev–Trinajstić information content (AvgIpc) is 3.14. The average molecular weight is 401 g/mol. The molecule has 8 heteroatoms. The number of fused-ring (bicyclic) bond motifs is 1. The van der Waals surface area contributed by atoms with E-state index in [1.54, 1.807) is 26.4 Å². The van der Waals surface area contributed by atoms with Crippen LogP contribution in [-0.2, 0) is 28.9 Å². The first kappa shape index (κ1) is 20.3. The van der Waals surface area contributed by atoms with E-state index in [1.165, 1.54) is 0 Å². The minimum absolute atomic E-state index is 0.0607. The zero-order chi connectivity index (χ0) is 20.8. The molecule has 0 saturated heterocycles. The zero-order valence-corrected chi connectivity index (χ0v) is 16.3. The number of carboxylic acids is 1. The van der Waals surface area contributed by atoms with Gasteiger partial charge in [0, 0.05) is 6.54 Å². The number of rotatable bonds is 9. The molecule has 0 spiro atoms. The Hall–Kier alpha value is -3.42. The number of aliphatic carboxylic acids is 1. The highest BCUT2D eigenvalue weighted by molar-refractivity contribution is 5.80. The summed E-state index contributed by atoms with van der Waals surface area (Å²) in [4.78, 5) is 23.5. The van der Waals surface area contributed by atoms with Crippen molar-refractivity contribution < 1.29 is 33.6 Å². The van der Waals surface area contributed by atoms with Crippen molar-refractivity contribution in [3.63, 3.8) is 0 Å². The number of ether oxygens (including phenoxy) is 4. The van der Waals surface area contributed by atoms with Gasteiger partial charge in [0.2, 0.25) is 12.7 Å². The molecule has 8 nitrogen and oxygen atoms in total. The highest BCUT2D eigenvalue weighted by Crippen LogP contribution is 2.35. The monoisotopic (exact) mass is 401 g/mol. The van der Waals surface area contributed by atoms with Crippen LogP contribution in [0.15, 0.2) is 30.3 Å². The van der Waals surface area contributed by atoms with E-state index in [-0.39, 0.29) is 25.5 Å². The quantitative estimate of drug-likeness (QED) is 0.662. The lowest BCUT2D eigenvalue weighted by Gasteiger charge is -2.11. The summed E-state index contributed by atoms with van der Waals surface area (Å²) in [7, 11) is 3.15. The maximum Gasteiger partial charge on any atom is 0.307 e. The van der Waals surface area contributed by atoms with Gasteiger partial charge in [-0.25, -0.2) is 0 Å². The summed E-state index contributed by atoms with van der Waals surface area (Å²) in [6.07, 6.45) is 0.491. The van der Waals surface area contributed by atoms with Gasteiger partial charge in [0.05, 0.1) is 27.1 Å². The van der Waals surface area contributed by atoms with E-state index in [0.717, 1.165) is 5.56 Å². The molecule has 154 valence electrons. The molecule has 1 aliphatic heterocycles. The van der Waals surface area contributed by atoms with Crippen LogP contribution in [0.4, 0.5) is 0 Å². The normalized spacial score (nSPS) is 11.8. The maximum absolute atomic E-state index is 12.4. The molecule has 1 amide bonds. The van der Waals surface area contributed by atoms with Gasteiger partial charge in [0.1, 0.15) is 0 Å². The second kappa shape index (κ2) is 9.18. The van der Waals surface area contributed by atoms with Crippen molar-refractivity contribution in [2.75, 3.05) is 27.6 Å². The number of carbonyl (C=O) groups excluding carboxylic acids is 1. The van der Waals surface area contributed by atoms with Crippen LogP contribution in [0.2, 0.25) is 0 Å². The molecule has 2 aromatic carbocycles. The lowest BCUT2D eigenvalue weighted by Crippen LogP contribution is -2.27. The van der Waals surface area contributed by atoms with Crippen molar-refractivity contribution in [2.45, 2.75) is 19.3 Å².